The first-order chi connectivity index (χ1) is 12.9. The standard InChI is InChI=1S/C20H31BN2O4/c22-20(19(24)25,10-4-5-11-21(26)27)16-12-17-8-9-18(13-16)23(17)14-15-6-2-1-3-7-15/h1-3,6-7,16-18,26-27H,4-5,8-14,22H2,(H,24,25)/t16?,17-,18+,20?. The maximum Gasteiger partial charge on any atom is 0.451 e. The number of fused-ring (bicyclic) bond motifs is 2. The topological polar surface area (TPSA) is 107 Å². The molecule has 0 radical (unpaired) electrons. The first-order valence-corrected chi connectivity index (χ1v) is 10.1. The average Bonchev–Trinajstić information content (AvgIpc) is 2.87. The number of hydrogen-bond donors (Lipinski definition) is 4. The summed E-state index contributed by atoms with van der Waals surface area (Å²) in [5.41, 5.74) is 6.52. The van der Waals surface area contributed by atoms with Crippen molar-refractivity contribution in [2.24, 2.45) is 11.7 Å². The molecular formula is C20H31BN2O4. The molecular weight excluding hydrogens is 343 g/mol. The van der Waals surface area contributed by atoms with Crippen molar-refractivity contribution in [3.05, 3.63) is 35.9 Å². The zero-order valence-corrected chi connectivity index (χ0v) is 15.8. The quantitative estimate of drug-likeness (QED) is 0.388. The molecule has 2 unspecified atom stereocenters. The van der Waals surface area contributed by atoms with Gasteiger partial charge in [0.05, 0.1) is 0 Å². The van der Waals surface area contributed by atoms with Crippen molar-refractivity contribution in [1.82, 2.24) is 4.90 Å². The molecule has 0 spiro atoms. The molecule has 2 saturated heterocycles. The lowest BCUT2D eigenvalue weighted by Crippen LogP contribution is -2.58. The summed E-state index contributed by atoms with van der Waals surface area (Å²) in [4.78, 5) is 14.6. The monoisotopic (exact) mass is 374 g/mol. The molecule has 2 aliphatic rings. The number of carbonyl (C=O) groups is 1. The van der Waals surface area contributed by atoms with Crippen LogP contribution in [-0.2, 0) is 11.3 Å². The normalized spacial score (nSPS) is 27.3. The number of piperidine rings is 1. The Labute approximate surface area is 161 Å². The van der Waals surface area contributed by atoms with Gasteiger partial charge in [0.1, 0.15) is 5.54 Å². The van der Waals surface area contributed by atoms with Crippen molar-refractivity contribution in [2.75, 3.05) is 0 Å². The van der Waals surface area contributed by atoms with Gasteiger partial charge in [0.2, 0.25) is 0 Å². The number of carboxylic acid groups (broad SMARTS) is 1. The third-order valence-corrected chi connectivity index (χ3v) is 6.52. The van der Waals surface area contributed by atoms with Crippen molar-refractivity contribution >= 4 is 13.1 Å². The van der Waals surface area contributed by atoms with Crippen molar-refractivity contribution in [1.29, 1.82) is 0 Å². The number of carboxylic acids is 1. The predicted octanol–water partition coefficient (Wildman–Crippen LogP) is 1.85. The van der Waals surface area contributed by atoms with Crippen molar-refractivity contribution in [3.8, 4) is 0 Å². The van der Waals surface area contributed by atoms with E-state index < -0.39 is 18.6 Å². The predicted molar refractivity (Wildman–Crippen MR) is 105 cm³/mol. The van der Waals surface area contributed by atoms with E-state index in [9.17, 15) is 9.90 Å². The molecule has 5 N–H and O–H groups in total. The van der Waals surface area contributed by atoms with E-state index in [0.717, 1.165) is 32.2 Å². The minimum Gasteiger partial charge on any atom is -0.480 e. The van der Waals surface area contributed by atoms with Gasteiger partial charge in [-0.2, -0.15) is 0 Å². The van der Waals surface area contributed by atoms with Gasteiger partial charge in [-0.1, -0.05) is 43.2 Å². The lowest BCUT2D eigenvalue weighted by Gasteiger charge is -2.44. The van der Waals surface area contributed by atoms with Gasteiger partial charge >= 0.3 is 13.1 Å². The van der Waals surface area contributed by atoms with Crippen LogP contribution in [0.25, 0.3) is 0 Å². The zero-order chi connectivity index (χ0) is 19.4. The second kappa shape index (κ2) is 8.73. The zero-order valence-electron chi connectivity index (χ0n) is 15.8. The Hall–Kier alpha value is -1.41. The largest absolute Gasteiger partial charge is 0.480 e. The molecule has 2 heterocycles. The number of nitrogens with two attached hydrogens (primary N) is 1. The van der Waals surface area contributed by atoms with Crippen LogP contribution in [0.5, 0.6) is 0 Å². The van der Waals surface area contributed by atoms with E-state index in [1.807, 2.05) is 6.07 Å². The third kappa shape index (κ3) is 4.72. The lowest BCUT2D eigenvalue weighted by atomic mass is 9.72. The summed E-state index contributed by atoms with van der Waals surface area (Å²) in [5.74, 6) is -0.952. The average molecular weight is 374 g/mol. The number of hydrogen-bond acceptors (Lipinski definition) is 5. The summed E-state index contributed by atoms with van der Waals surface area (Å²) in [6.45, 7) is 0.919. The molecule has 3 rings (SSSR count). The Bertz CT molecular complexity index is 616. The van der Waals surface area contributed by atoms with Crippen LogP contribution < -0.4 is 5.73 Å². The first-order valence-electron chi connectivity index (χ1n) is 10.1. The van der Waals surface area contributed by atoms with Crippen LogP contribution in [0.4, 0.5) is 0 Å². The van der Waals surface area contributed by atoms with Crippen LogP contribution in [0.15, 0.2) is 30.3 Å². The Morgan fingerprint density at radius 2 is 1.78 bits per heavy atom. The van der Waals surface area contributed by atoms with Gasteiger partial charge in [-0.15, -0.1) is 0 Å². The summed E-state index contributed by atoms with van der Waals surface area (Å²) < 4.78 is 0. The lowest BCUT2D eigenvalue weighted by molar-refractivity contribution is -0.147. The fourth-order valence-electron chi connectivity index (χ4n) is 4.98. The smallest absolute Gasteiger partial charge is 0.451 e. The number of unbranched alkanes of at least 4 members (excludes halogenated alkanes) is 1. The molecule has 0 amide bonds. The molecule has 0 saturated carbocycles. The summed E-state index contributed by atoms with van der Waals surface area (Å²) in [6.07, 6.45) is 5.70. The van der Waals surface area contributed by atoms with Crippen LogP contribution in [0.2, 0.25) is 6.32 Å². The van der Waals surface area contributed by atoms with Gasteiger partial charge < -0.3 is 20.9 Å². The highest BCUT2D eigenvalue weighted by Gasteiger charge is 2.50. The number of aliphatic carboxylic acids is 1. The van der Waals surface area contributed by atoms with Crippen LogP contribution in [-0.4, -0.2) is 50.8 Å². The number of nitrogens with zero attached hydrogens (tertiary/aromatic N) is 1. The Morgan fingerprint density at radius 3 is 2.33 bits per heavy atom. The van der Waals surface area contributed by atoms with Gasteiger partial charge in [0.25, 0.3) is 0 Å². The van der Waals surface area contributed by atoms with E-state index in [1.54, 1.807) is 0 Å². The summed E-state index contributed by atoms with van der Waals surface area (Å²) in [6, 6.07) is 11.2. The van der Waals surface area contributed by atoms with E-state index in [0.29, 0.717) is 31.3 Å². The van der Waals surface area contributed by atoms with E-state index in [1.165, 1.54) is 5.56 Å². The Kier molecular flexibility index (Phi) is 6.58. The van der Waals surface area contributed by atoms with Gasteiger partial charge in [-0.05, 0) is 49.9 Å². The van der Waals surface area contributed by atoms with Crippen molar-refractivity contribution in [2.45, 2.75) is 75.4 Å². The van der Waals surface area contributed by atoms with Gasteiger partial charge in [-0.3, -0.25) is 9.69 Å². The molecule has 6 nitrogen and oxygen atoms in total. The van der Waals surface area contributed by atoms with Crippen molar-refractivity contribution < 1.29 is 19.9 Å². The Morgan fingerprint density at radius 1 is 1.15 bits per heavy atom. The maximum absolute atomic E-state index is 12.0. The molecule has 148 valence electrons. The third-order valence-electron chi connectivity index (χ3n) is 6.52. The summed E-state index contributed by atoms with van der Waals surface area (Å²) in [7, 11) is -1.33. The molecule has 4 atom stereocenters. The van der Waals surface area contributed by atoms with Gasteiger partial charge in [0, 0.05) is 18.6 Å². The van der Waals surface area contributed by atoms with E-state index in [2.05, 4.69) is 29.2 Å². The SMILES string of the molecule is NC(CCCCB(O)O)(C(=O)O)C1C[C@H]2CC[C@@H](C1)N2Cc1ccccc1. The molecule has 2 fully saturated rings. The fraction of sp³-hybridized carbons (Fsp3) is 0.650. The molecule has 0 aromatic heterocycles. The number of benzene rings is 1. The summed E-state index contributed by atoms with van der Waals surface area (Å²) in [5, 5.41) is 27.8. The van der Waals surface area contributed by atoms with E-state index in [-0.39, 0.29) is 12.2 Å². The molecule has 7 heteroatoms. The molecule has 1 aromatic rings. The van der Waals surface area contributed by atoms with Crippen LogP contribution >= 0.6 is 0 Å². The fourth-order valence-corrected chi connectivity index (χ4v) is 4.98. The highest BCUT2D eigenvalue weighted by Crippen LogP contribution is 2.44. The molecule has 2 bridgehead atoms. The number of rotatable bonds is 9. The van der Waals surface area contributed by atoms with Crippen LogP contribution in [0.3, 0.4) is 0 Å². The second-order valence-corrected chi connectivity index (χ2v) is 8.28. The van der Waals surface area contributed by atoms with Gasteiger partial charge in [0.15, 0.2) is 0 Å². The highest BCUT2D eigenvalue weighted by molar-refractivity contribution is 6.40. The summed E-state index contributed by atoms with van der Waals surface area (Å²) >= 11 is 0. The highest BCUT2D eigenvalue weighted by atomic mass is 16.4. The van der Waals surface area contributed by atoms with Gasteiger partial charge in [-0.25, -0.2) is 0 Å². The molecule has 0 aliphatic carbocycles. The van der Waals surface area contributed by atoms with E-state index >= 15 is 0 Å². The molecule has 2 aliphatic heterocycles. The minimum atomic E-state index is -1.33. The minimum absolute atomic E-state index is 0.0291. The Balaban J connectivity index is 1.63. The maximum atomic E-state index is 12.0. The molecule has 1 aromatic carbocycles. The first kappa shape index (κ1) is 20.3. The van der Waals surface area contributed by atoms with E-state index in [4.69, 9.17) is 15.8 Å². The second-order valence-electron chi connectivity index (χ2n) is 8.28. The van der Waals surface area contributed by atoms with Crippen LogP contribution in [0, 0.1) is 5.92 Å². The molecule has 27 heavy (non-hydrogen) atoms. The van der Waals surface area contributed by atoms with Crippen molar-refractivity contribution in [3.63, 3.8) is 0 Å². The van der Waals surface area contributed by atoms with Crippen LogP contribution in [0.1, 0.15) is 50.5 Å².